The summed E-state index contributed by atoms with van der Waals surface area (Å²) >= 11 is 0. The average Bonchev–Trinajstić information content (AvgIpc) is 3.19. The molecule has 0 unspecified atom stereocenters. The van der Waals surface area contributed by atoms with Crippen LogP contribution in [0.4, 0.5) is 0 Å². The number of sulfone groups is 1. The Hall–Kier alpha value is -3.00. The van der Waals surface area contributed by atoms with Gasteiger partial charge in [-0.05, 0) is 19.1 Å². The lowest BCUT2D eigenvalue weighted by atomic mass is 10.2. The van der Waals surface area contributed by atoms with Crippen LogP contribution >= 0.6 is 0 Å². The zero-order chi connectivity index (χ0) is 19.4. The van der Waals surface area contributed by atoms with E-state index in [1.807, 2.05) is 30.3 Å². The molecule has 0 aliphatic heterocycles. The van der Waals surface area contributed by atoms with Gasteiger partial charge in [0, 0.05) is 5.56 Å². The van der Waals surface area contributed by atoms with Gasteiger partial charge in [0.1, 0.15) is 0 Å². The molecule has 0 amide bonds. The molecule has 27 heavy (non-hydrogen) atoms. The van der Waals surface area contributed by atoms with Gasteiger partial charge in [0.2, 0.25) is 5.82 Å². The van der Waals surface area contributed by atoms with E-state index in [2.05, 4.69) is 10.1 Å². The molecule has 0 aliphatic carbocycles. The lowest BCUT2D eigenvalue weighted by Crippen LogP contribution is -2.15. The van der Waals surface area contributed by atoms with Crippen molar-refractivity contribution < 1.29 is 22.5 Å². The van der Waals surface area contributed by atoms with Crippen molar-refractivity contribution in [2.24, 2.45) is 0 Å². The monoisotopic (exact) mass is 386 g/mol. The molecule has 0 saturated carbocycles. The van der Waals surface area contributed by atoms with Gasteiger partial charge in [0.15, 0.2) is 15.9 Å². The van der Waals surface area contributed by atoms with Gasteiger partial charge in [-0.1, -0.05) is 54.5 Å². The molecule has 0 spiro atoms. The van der Waals surface area contributed by atoms with Crippen molar-refractivity contribution in [2.45, 2.75) is 24.8 Å². The van der Waals surface area contributed by atoms with Crippen molar-refractivity contribution in [1.82, 2.24) is 10.1 Å². The standard InChI is InChI=1S/C19H18N2O5S/c1-3-27(23,24)16-12-8-7-11-15(16)19(22)25-13(2)18-20-17(21-26-18)14-9-5-4-6-10-14/h4-13H,3H2,1-2H3/t13-/m1/s1. The van der Waals surface area contributed by atoms with Crippen molar-refractivity contribution >= 4 is 15.8 Å². The Morgan fingerprint density at radius 1 is 1.11 bits per heavy atom. The van der Waals surface area contributed by atoms with E-state index in [1.165, 1.54) is 19.1 Å². The van der Waals surface area contributed by atoms with E-state index >= 15 is 0 Å². The van der Waals surface area contributed by atoms with Gasteiger partial charge in [-0.2, -0.15) is 4.98 Å². The molecule has 140 valence electrons. The van der Waals surface area contributed by atoms with E-state index in [4.69, 9.17) is 9.26 Å². The van der Waals surface area contributed by atoms with E-state index in [0.29, 0.717) is 5.82 Å². The summed E-state index contributed by atoms with van der Waals surface area (Å²) in [5.74, 6) is -0.383. The zero-order valence-corrected chi connectivity index (χ0v) is 15.6. The molecule has 0 bridgehead atoms. The highest BCUT2D eigenvalue weighted by atomic mass is 32.2. The van der Waals surface area contributed by atoms with Gasteiger partial charge in [0.05, 0.1) is 16.2 Å². The zero-order valence-electron chi connectivity index (χ0n) is 14.8. The fourth-order valence-corrected chi connectivity index (χ4v) is 3.52. The largest absolute Gasteiger partial charge is 0.449 e. The maximum absolute atomic E-state index is 12.5. The summed E-state index contributed by atoms with van der Waals surface area (Å²) in [5, 5.41) is 3.88. The molecule has 8 heteroatoms. The first kappa shape index (κ1) is 18.8. The molecule has 0 N–H and O–H groups in total. The Morgan fingerprint density at radius 3 is 2.48 bits per heavy atom. The maximum Gasteiger partial charge on any atom is 0.340 e. The highest BCUT2D eigenvalue weighted by molar-refractivity contribution is 7.91. The lowest BCUT2D eigenvalue weighted by Gasteiger charge is -2.12. The van der Waals surface area contributed by atoms with Crippen LogP contribution in [0.25, 0.3) is 11.4 Å². The van der Waals surface area contributed by atoms with E-state index < -0.39 is 21.9 Å². The number of rotatable bonds is 6. The van der Waals surface area contributed by atoms with Crippen LogP contribution in [0.1, 0.15) is 36.2 Å². The van der Waals surface area contributed by atoms with Crippen molar-refractivity contribution in [2.75, 3.05) is 5.75 Å². The second kappa shape index (κ2) is 7.71. The molecule has 0 fully saturated rings. The number of hydrogen-bond acceptors (Lipinski definition) is 7. The van der Waals surface area contributed by atoms with Gasteiger partial charge < -0.3 is 9.26 Å². The summed E-state index contributed by atoms with van der Waals surface area (Å²) in [6.45, 7) is 3.10. The van der Waals surface area contributed by atoms with E-state index in [9.17, 15) is 13.2 Å². The second-order valence-electron chi connectivity index (χ2n) is 5.77. The molecule has 0 saturated heterocycles. The molecular weight excluding hydrogens is 368 g/mol. The number of benzene rings is 2. The Balaban J connectivity index is 1.81. The maximum atomic E-state index is 12.5. The molecule has 2 aromatic carbocycles. The van der Waals surface area contributed by atoms with Gasteiger partial charge >= 0.3 is 5.97 Å². The lowest BCUT2D eigenvalue weighted by molar-refractivity contribution is 0.0261. The predicted octanol–water partition coefficient (Wildman–Crippen LogP) is 3.45. The van der Waals surface area contributed by atoms with Crippen LogP contribution in [0.15, 0.2) is 64.0 Å². The fourth-order valence-electron chi connectivity index (χ4n) is 2.44. The minimum atomic E-state index is -3.56. The van der Waals surface area contributed by atoms with E-state index in [0.717, 1.165) is 5.56 Å². The second-order valence-corrected chi connectivity index (χ2v) is 8.02. The smallest absolute Gasteiger partial charge is 0.340 e. The highest BCUT2D eigenvalue weighted by Gasteiger charge is 2.25. The van der Waals surface area contributed by atoms with E-state index in [-0.39, 0.29) is 22.1 Å². The summed E-state index contributed by atoms with van der Waals surface area (Å²) < 4.78 is 34.9. The third kappa shape index (κ3) is 4.06. The number of hydrogen-bond donors (Lipinski definition) is 0. The molecule has 1 heterocycles. The van der Waals surface area contributed by atoms with Crippen LogP contribution < -0.4 is 0 Å². The number of nitrogens with zero attached hydrogens (tertiary/aromatic N) is 2. The van der Waals surface area contributed by atoms with E-state index in [1.54, 1.807) is 19.1 Å². The molecule has 1 atom stereocenters. The Morgan fingerprint density at radius 2 is 1.78 bits per heavy atom. The van der Waals surface area contributed by atoms with Crippen molar-refractivity contribution in [1.29, 1.82) is 0 Å². The molecule has 0 radical (unpaired) electrons. The van der Waals surface area contributed by atoms with Crippen molar-refractivity contribution in [3.63, 3.8) is 0 Å². The van der Waals surface area contributed by atoms with Crippen LogP contribution in [0.3, 0.4) is 0 Å². The number of aromatic nitrogens is 2. The number of ether oxygens (including phenoxy) is 1. The first-order valence-corrected chi connectivity index (χ1v) is 9.99. The summed E-state index contributed by atoms with van der Waals surface area (Å²) in [4.78, 5) is 16.7. The molecule has 1 aromatic heterocycles. The molecule has 7 nitrogen and oxygen atoms in total. The van der Waals surface area contributed by atoms with Gasteiger partial charge in [-0.3, -0.25) is 0 Å². The van der Waals surface area contributed by atoms with Crippen LogP contribution in [0, 0.1) is 0 Å². The normalized spacial score (nSPS) is 12.5. The quantitative estimate of drug-likeness (QED) is 0.598. The van der Waals surface area contributed by atoms with Gasteiger partial charge in [-0.25, -0.2) is 13.2 Å². The first-order chi connectivity index (χ1) is 12.9. The van der Waals surface area contributed by atoms with Crippen molar-refractivity contribution in [3.05, 3.63) is 66.1 Å². The Labute approximate surface area is 156 Å². The first-order valence-electron chi connectivity index (χ1n) is 8.34. The summed E-state index contributed by atoms with van der Waals surface area (Å²) in [6.07, 6.45) is -0.833. The SMILES string of the molecule is CCS(=O)(=O)c1ccccc1C(=O)O[C@H](C)c1nc(-c2ccccc2)no1. The van der Waals surface area contributed by atoms with Crippen LogP contribution in [0.5, 0.6) is 0 Å². The topological polar surface area (TPSA) is 99.4 Å². The predicted molar refractivity (Wildman–Crippen MR) is 97.7 cm³/mol. The van der Waals surface area contributed by atoms with Crippen LogP contribution in [-0.4, -0.2) is 30.3 Å². The summed E-state index contributed by atoms with van der Waals surface area (Å²) in [6, 6.07) is 15.2. The van der Waals surface area contributed by atoms with Crippen LogP contribution in [0.2, 0.25) is 0 Å². The Kier molecular flexibility index (Phi) is 5.36. The molecular formula is C19H18N2O5S. The van der Waals surface area contributed by atoms with Crippen LogP contribution in [-0.2, 0) is 14.6 Å². The third-order valence-electron chi connectivity index (χ3n) is 3.93. The molecule has 0 aliphatic rings. The van der Waals surface area contributed by atoms with Gasteiger partial charge in [-0.15, -0.1) is 0 Å². The fraction of sp³-hybridized carbons (Fsp3) is 0.211. The average molecular weight is 386 g/mol. The molecule has 3 aromatic rings. The Bertz CT molecular complexity index is 1040. The molecule has 3 rings (SSSR count). The highest BCUT2D eigenvalue weighted by Crippen LogP contribution is 2.24. The number of carbonyl (C=O) groups excluding carboxylic acids is 1. The van der Waals surface area contributed by atoms with Gasteiger partial charge in [0.25, 0.3) is 5.89 Å². The van der Waals surface area contributed by atoms with Crippen molar-refractivity contribution in [3.8, 4) is 11.4 Å². The summed E-state index contributed by atoms with van der Waals surface area (Å²) in [7, 11) is -3.56. The summed E-state index contributed by atoms with van der Waals surface area (Å²) in [5.41, 5.74) is 0.749. The minimum Gasteiger partial charge on any atom is -0.449 e. The third-order valence-corrected chi connectivity index (χ3v) is 5.71. The minimum absolute atomic E-state index is 0.0194. The number of esters is 1. The number of carbonyl (C=O) groups is 1.